The van der Waals surface area contributed by atoms with Gasteiger partial charge in [0, 0.05) is 0 Å². The van der Waals surface area contributed by atoms with Gasteiger partial charge < -0.3 is 23.5 Å². The molecule has 3 heterocycles. The largest absolute Gasteiger partial charge is 0.466 e. The molecule has 3 aromatic heterocycles. The highest BCUT2D eigenvalue weighted by atomic mass is 16.4. The van der Waals surface area contributed by atoms with E-state index in [2.05, 4.69) is 4.42 Å². The molecule has 0 saturated carbocycles. The van der Waals surface area contributed by atoms with Crippen molar-refractivity contribution in [1.82, 2.24) is 0 Å². The first kappa shape index (κ1) is 14.8. The molecular weight excluding hydrogens is 276 g/mol. The Hall–Kier alpha value is -2.57. The maximum atomic E-state index is 9.77. The van der Waals surface area contributed by atoms with Gasteiger partial charge in [-0.25, -0.2) is 0 Å². The standard InChI is InChI=1S/C10H10O4.C5H4O2/c11-9(7-3-1-5-13-7)10(12)8-4-2-6-14-8;6-4-5-2-1-3-7-5/h1-6,9-12H;1-4H. The number of rotatable bonds is 4. The normalized spacial score (nSPS) is 13.0. The summed E-state index contributed by atoms with van der Waals surface area (Å²) in [5, 5.41) is 19.3. The first-order valence-corrected chi connectivity index (χ1v) is 6.14. The molecule has 6 nitrogen and oxygen atoms in total. The van der Waals surface area contributed by atoms with E-state index in [4.69, 9.17) is 8.83 Å². The fourth-order valence-corrected chi connectivity index (χ4v) is 1.59. The minimum absolute atomic E-state index is 0.314. The molecule has 0 amide bonds. The molecule has 2 N–H and O–H groups in total. The van der Waals surface area contributed by atoms with Crippen LogP contribution < -0.4 is 0 Å². The molecular formula is C15H14O6. The zero-order valence-corrected chi connectivity index (χ0v) is 11.0. The number of aliphatic hydroxyl groups is 2. The molecule has 6 heteroatoms. The van der Waals surface area contributed by atoms with Crippen LogP contribution in [0.5, 0.6) is 0 Å². The van der Waals surface area contributed by atoms with Crippen molar-refractivity contribution in [3.63, 3.8) is 0 Å². The molecule has 0 aliphatic carbocycles. The smallest absolute Gasteiger partial charge is 0.185 e. The Morgan fingerprint density at radius 1 is 0.810 bits per heavy atom. The molecule has 0 aliphatic heterocycles. The highest BCUT2D eigenvalue weighted by Crippen LogP contribution is 2.28. The van der Waals surface area contributed by atoms with Crippen LogP contribution in [0.25, 0.3) is 0 Å². The number of carbonyl (C=O) groups excluding carboxylic acids is 1. The van der Waals surface area contributed by atoms with E-state index in [1.165, 1.54) is 18.8 Å². The van der Waals surface area contributed by atoms with Crippen molar-refractivity contribution in [2.45, 2.75) is 12.2 Å². The molecule has 0 saturated heterocycles. The lowest BCUT2D eigenvalue weighted by Gasteiger charge is -2.12. The van der Waals surface area contributed by atoms with E-state index in [-0.39, 0.29) is 0 Å². The molecule has 0 bridgehead atoms. The van der Waals surface area contributed by atoms with E-state index < -0.39 is 12.2 Å². The maximum Gasteiger partial charge on any atom is 0.185 e. The predicted molar refractivity (Wildman–Crippen MR) is 71.4 cm³/mol. The number of hydrogen-bond donors (Lipinski definition) is 2. The lowest BCUT2D eigenvalue weighted by Crippen LogP contribution is -2.08. The van der Waals surface area contributed by atoms with Crippen LogP contribution in [0, 0.1) is 0 Å². The van der Waals surface area contributed by atoms with Gasteiger partial charge in [0.1, 0.15) is 23.7 Å². The van der Waals surface area contributed by atoms with E-state index in [1.807, 2.05) is 0 Å². The van der Waals surface area contributed by atoms with Crippen molar-refractivity contribution in [1.29, 1.82) is 0 Å². The Morgan fingerprint density at radius 2 is 1.29 bits per heavy atom. The molecule has 2 atom stereocenters. The fraction of sp³-hybridized carbons (Fsp3) is 0.133. The summed E-state index contributed by atoms with van der Waals surface area (Å²) in [5.41, 5.74) is 0. The zero-order valence-electron chi connectivity index (χ0n) is 11.0. The van der Waals surface area contributed by atoms with Gasteiger partial charge in [-0.3, -0.25) is 4.79 Å². The summed E-state index contributed by atoms with van der Waals surface area (Å²) >= 11 is 0. The zero-order chi connectivity index (χ0) is 15.1. The number of carbonyl (C=O) groups is 1. The van der Waals surface area contributed by atoms with Crippen molar-refractivity contribution in [3.8, 4) is 0 Å². The summed E-state index contributed by atoms with van der Waals surface area (Å²) in [6.07, 6.45) is 2.80. The second-order valence-corrected chi connectivity index (χ2v) is 4.05. The molecule has 0 radical (unpaired) electrons. The predicted octanol–water partition coefficient (Wildman–Crippen LogP) is 2.73. The van der Waals surface area contributed by atoms with Crippen molar-refractivity contribution >= 4 is 6.29 Å². The van der Waals surface area contributed by atoms with Gasteiger partial charge in [0.25, 0.3) is 0 Å². The molecule has 0 aliphatic rings. The quantitative estimate of drug-likeness (QED) is 0.717. The van der Waals surface area contributed by atoms with Crippen LogP contribution in [0.15, 0.2) is 68.4 Å². The van der Waals surface area contributed by atoms with Crippen LogP contribution in [0.2, 0.25) is 0 Å². The van der Waals surface area contributed by atoms with Gasteiger partial charge in [-0.1, -0.05) is 0 Å². The number of aliphatic hydroxyl groups excluding tert-OH is 2. The third-order valence-electron chi connectivity index (χ3n) is 2.63. The third kappa shape index (κ3) is 3.95. The first-order chi connectivity index (χ1) is 10.2. The summed E-state index contributed by atoms with van der Waals surface area (Å²) < 4.78 is 14.5. The highest BCUT2D eigenvalue weighted by molar-refractivity contribution is 5.69. The molecule has 110 valence electrons. The topological polar surface area (TPSA) is 97.0 Å². The van der Waals surface area contributed by atoms with Crippen LogP contribution in [0.4, 0.5) is 0 Å². The van der Waals surface area contributed by atoms with Crippen LogP contribution in [-0.2, 0) is 0 Å². The average Bonchev–Trinajstić information content (AvgIpc) is 3.29. The van der Waals surface area contributed by atoms with Gasteiger partial charge in [-0.2, -0.15) is 0 Å². The SMILES string of the molecule is O=Cc1ccco1.OC(c1ccco1)C(O)c1ccco1. The van der Waals surface area contributed by atoms with E-state index in [0.717, 1.165) is 0 Å². The van der Waals surface area contributed by atoms with Gasteiger partial charge in [0.15, 0.2) is 12.0 Å². The molecule has 3 aromatic rings. The molecule has 0 spiro atoms. The molecule has 0 aromatic carbocycles. The van der Waals surface area contributed by atoms with Crippen LogP contribution in [0.3, 0.4) is 0 Å². The van der Waals surface area contributed by atoms with Crippen molar-refractivity contribution in [3.05, 3.63) is 72.5 Å². The van der Waals surface area contributed by atoms with E-state index >= 15 is 0 Å². The van der Waals surface area contributed by atoms with Crippen LogP contribution in [0.1, 0.15) is 34.3 Å². The summed E-state index contributed by atoms with van der Waals surface area (Å²) in [6, 6.07) is 9.76. The molecule has 21 heavy (non-hydrogen) atoms. The van der Waals surface area contributed by atoms with Gasteiger partial charge in [0.05, 0.1) is 18.8 Å². The van der Waals surface area contributed by atoms with Crippen molar-refractivity contribution < 1.29 is 28.3 Å². The Balaban J connectivity index is 0.000000194. The second kappa shape index (κ2) is 7.28. The second-order valence-electron chi connectivity index (χ2n) is 4.05. The van der Waals surface area contributed by atoms with E-state index in [1.54, 1.807) is 36.4 Å². The van der Waals surface area contributed by atoms with Crippen LogP contribution in [-0.4, -0.2) is 16.5 Å². The Bertz CT molecular complexity index is 571. The minimum atomic E-state index is -1.10. The fourth-order valence-electron chi connectivity index (χ4n) is 1.59. The summed E-state index contributed by atoms with van der Waals surface area (Å²) in [5.74, 6) is 1.00. The molecule has 3 rings (SSSR count). The van der Waals surface area contributed by atoms with Gasteiger partial charge in [-0.15, -0.1) is 0 Å². The highest BCUT2D eigenvalue weighted by Gasteiger charge is 2.24. The first-order valence-electron chi connectivity index (χ1n) is 6.14. The van der Waals surface area contributed by atoms with E-state index in [9.17, 15) is 15.0 Å². The monoisotopic (exact) mass is 290 g/mol. The minimum Gasteiger partial charge on any atom is -0.466 e. The summed E-state index contributed by atoms with van der Waals surface area (Å²) in [4.78, 5) is 9.77. The van der Waals surface area contributed by atoms with Gasteiger partial charge in [-0.05, 0) is 36.4 Å². The number of hydrogen-bond acceptors (Lipinski definition) is 6. The Kier molecular flexibility index (Phi) is 5.14. The average molecular weight is 290 g/mol. The van der Waals surface area contributed by atoms with Gasteiger partial charge in [0.2, 0.25) is 0 Å². The molecule has 0 fully saturated rings. The van der Waals surface area contributed by atoms with Crippen LogP contribution >= 0.6 is 0 Å². The summed E-state index contributed by atoms with van der Waals surface area (Å²) in [6.45, 7) is 0. The third-order valence-corrected chi connectivity index (χ3v) is 2.63. The summed E-state index contributed by atoms with van der Waals surface area (Å²) in [7, 11) is 0. The van der Waals surface area contributed by atoms with E-state index in [0.29, 0.717) is 23.6 Å². The lowest BCUT2D eigenvalue weighted by molar-refractivity contribution is -0.00787. The lowest BCUT2D eigenvalue weighted by atomic mass is 10.1. The van der Waals surface area contributed by atoms with Gasteiger partial charge >= 0.3 is 0 Å². The Labute approximate surface area is 120 Å². The maximum absolute atomic E-state index is 9.77. The van der Waals surface area contributed by atoms with Crippen molar-refractivity contribution in [2.24, 2.45) is 0 Å². The Morgan fingerprint density at radius 3 is 1.57 bits per heavy atom. The molecule has 2 unspecified atom stereocenters. The van der Waals surface area contributed by atoms with Crippen molar-refractivity contribution in [2.75, 3.05) is 0 Å². The number of aldehydes is 1. The number of furan rings is 3.